The monoisotopic (exact) mass is 592 g/mol. The van der Waals surface area contributed by atoms with Crippen molar-refractivity contribution in [2.24, 2.45) is 11.7 Å². The van der Waals surface area contributed by atoms with Crippen molar-refractivity contribution in [3.05, 3.63) is 118 Å². The molecule has 0 fully saturated rings. The average molecular weight is 593 g/mol. The van der Waals surface area contributed by atoms with Gasteiger partial charge >= 0.3 is 11.9 Å². The van der Waals surface area contributed by atoms with Gasteiger partial charge in [0.2, 0.25) is 0 Å². The first-order valence-corrected chi connectivity index (χ1v) is 13.2. The standard InChI is InChI=1S/C32H27F3N2O6/c1-41-20-11-6-16(7-12-20)21-15-24-27(29(38)26(21)31(39)42-2)25(17-4-8-18(33)9-5-17)28(32(40)43-3)30(36)37(24)23-13-10-19(34)14-22(23)35/h4-14,21,25-26H,15,36H2,1-3H3/t21-,25-,26+/m0/s1. The number of methoxy groups -OCH3 is 3. The zero-order chi connectivity index (χ0) is 31.0. The summed E-state index contributed by atoms with van der Waals surface area (Å²) >= 11 is 0. The van der Waals surface area contributed by atoms with Gasteiger partial charge in [0.25, 0.3) is 0 Å². The van der Waals surface area contributed by atoms with Crippen molar-refractivity contribution < 1.29 is 41.8 Å². The summed E-state index contributed by atoms with van der Waals surface area (Å²) < 4.78 is 58.7. The molecule has 2 N–H and O–H groups in total. The van der Waals surface area contributed by atoms with Crippen LogP contribution in [0.5, 0.6) is 5.75 Å². The molecule has 0 amide bonds. The molecule has 0 unspecified atom stereocenters. The first kappa shape index (κ1) is 29.4. The second-order valence-corrected chi connectivity index (χ2v) is 10.0. The van der Waals surface area contributed by atoms with E-state index in [4.69, 9.17) is 19.9 Å². The summed E-state index contributed by atoms with van der Waals surface area (Å²) in [5, 5.41) is 0. The summed E-state index contributed by atoms with van der Waals surface area (Å²) in [5.41, 5.74) is 7.14. The maximum Gasteiger partial charge on any atom is 0.338 e. The van der Waals surface area contributed by atoms with Gasteiger partial charge in [0.05, 0.1) is 38.5 Å². The summed E-state index contributed by atoms with van der Waals surface area (Å²) in [5.74, 6) is -8.01. The van der Waals surface area contributed by atoms with Crippen LogP contribution < -0.4 is 15.4 Å². The molecule has 1 aliphatic carbocycles. The number of nitrogens with two attached hydrogens (primary N) is 1. The third-order valence-corrected chi connectivity index (χ3v) is 7.80. The molecule has 0 saturated carbocycles. The van der Waals surface area contributed by atoms with Crippen LogP contribution in [0.2, 0.25) is 0 Å². The highest BCUT2D eigenvalue weighted by Gasteiger charge is 2.51. The van der Waals surface area contributed by atoms with Gasteiger partial charge < -0.3 is 19.9 Å². The molecule has 0 radical (unpaired) electrons. The molecule has 0 saturated heterocycles. The number of esters is 2. The lowest BCUT2D eigenvalue weighted by Gasteiger charge is -2.44. The van der Waals surface area contributed by atoms with Crippen LogP contribution in [0.3, 0.4) is 0 Å². The smallest absolute Gasteiger partial charge is 0.338 e. The van der Waals surface area contributed by atoms with Gasteiger partial charge in [-0.1, -0.05) is 24.3 Å². The minimum atomic E-state index is -1.36. The topological polar surface area (TPSA) is 108 Å². The zero-order valence-corrected chi connectivity index (χ0v) is 23.4. The van der Waals surface area contributed by atoms with Crippen molar-refractivity contribution >= 4 is 23.4 Å². The van der Waals surface area contributed by atoms with E-state index >= 15 is 4.39 Å². The Bertz CT molecular complexity index is 1670. The van der Waals surface area contributed by atoms with Crippen molar-refractivity contribution in [1.82, 2.24) is 0 Å². The SMILES string of the molecule is COC(=O)C1=C(N)N(c2ccc(F)cc2F)C2=C(C(=O)[C@H](C(=O)OC)[C@H](c3ccc(OC)cc3)C2)[C@@H]1c1ccc(F)cc1. The van der Waals surface area contributed by atoms with Crippen LogP contribution >= 0.6 is 0 Å². The van der Waals surface area contributed by atoms with E-state index in [0.29, 0.717) is 22.9 Å². The Labute approximate surface area is 245 Å². The molecule has 0 bridgehead atoms. The van der Waals surface area contributed by atoms with Gasteiger partial charge in [-0.3, -0.25) is 14.5 Å². The zero-order valence-electron chi connectivity index (χ0n) is 23.4. The predicted molar refractivity (Wildman–Crippen MR) is 149 cm³/mol. The Morgan fingerprint density at radius 1 is 0.860 bits per heavy atom. The maximum atomic E-state index is 15.4. The lowest BCUT2D eigenvalue weighted by atomic mass is 9.67. The minimum absolute atomic E-state index is 0.0448. The Balaban J connectivity index is 1.83. The quantitative estimate of drug-likeness (QED) is 0.320. The third-order valence-electron chi connectivity index (χ3n) is 7.80. The van der Waals surface area contributed by atoms with Crippen LogP contribution in [-0.4, -0.2) is 39.1 Å². The highest BCUT2D eigenvalue weighted by atomic mass is 19.1. The van der Waals surface area contributed by atoms with Crippen LogP contribution in [0.1, 0.15) is 29.4 Å². The fraction of sp³-hybridized carbons (Fsp3) is 0.219. The van der Waals surface area contributed by atoms with Crippen molar-refractivity contribution in [1.29, 1.82) is 0 Å². The van der Waals surface area contributed by atoms with E-state index in [1.54, 1.807) is 24.3 Å². The van der Waals surface area contributed by atoms with E-state index in [1.165, 1.54) is 24.1 Å². The van der Waals surface area contributed by atoms with Gasteiger partial charge in [0.1, 0.15) is 34.9 Å². The highest BCUT2D eigenvalue weighted by molar-refractivity contribution is 6.14. The number of carbonyl (C=O) groups excluding carboxylic acids is 3. The van der Waals surface area contributed by atoms with Gasteiger partial charge in [-0.25, -0.2) is 18.0 Å². The lowest BCUT2D eigenvalue weighted by Crippen LogP contribution is -2.46. The first-order valence-electron chi connectivity index (χ1n) is 13.2. The molecular weight excluding hydrogens is 565 g/mol. The van der Waals surface area contributed by atoms with E-state index in [-0.39, 0.29) is 34.8 Å². The largest absolute Gasteiger partial charge is 0.497 e. The number of Topliss-reactive ketones (excluding diaryl/α,β-unsaturated/α-hetero) is 1. The molecule has 8 nitrogen and oxygen atoms in total. The Kier molecular flexibility index (Phi) is 7.99. The maximum absolute atomic E-state index is 15.4. The lowest BCUT2D eigenvalue weighted by molar-refractivity contribution is -0.150. The van der Waals surface area contributed by atoms with Crippen LogP contribution in [0, 0.1) is 23.4 Å². The molecule has 5 rings (SSSR count). The molecule has 1 aliphatic heterocycles. The number of nitrogens with zero attached hydrogens (tertiary/aromatic N) is 1. The van der Waals surface area contributed by atoms with E-state index in [2.05, 4.69) is 0 Å². The fourth-order valence-electron chi connectivity index (χ4n) is 5.83. The number of carbonyl (C=O) groups is 3. The molecule has 0 aromatic heterocycles. The van der Waals surface area contributed by atoms with Gasteiger partial charge in [-0.2, -0.15) is 0 Å². The Hall–Kier alpha value is -5.06. The molecule has 0 spiro atoms. The summed E-state index contributed by atoms with van der Waals surface area (Å²) in [4.78, 5) is 42.3. The summed E-state index contributed by atoms with van der Waals surface area (Å²) in [6, 6.07) is 14.6. The molecule has 11 heteroatoms. The number of hydrogen-bond donors (Lipinski definition) is 1. The minimum Gasteiger partial charge on any atom is -0.497 e. The molecule has 1 heterocycles. The third kappa shape index (κ3) is 5.11. The van der Waals surface area contributed by atoms with Gasteiger partial charge in [-0.15, -0.1) is 0 Å². The Morgan fingerprint density at radius 3 is 2.07 bits per heavy atom. The average Bonchev–Trinajstić information content (AvgIpc) is 3.00. The number of rotatable bonds is 6. The van der Waals surface area contributed by atoms with Crippen LogP contribution in [0.4, 0.5) is 18.9 Å². The van der Waals surface area contributed by atoms with Crippen LogP contribution in [-0.2, 0) is 23.9 Å². The van der Waals surface area contributed by atoms with Gasteiger partial charge in [0.15, 0.2) is 5.78 Å². The van der Waals surface area contributed by atoms with Crippen LogP contribution in [0.25, 0.3) is 0 Å². The van der Waals surface area contributed by atoms with Crippen molar-refractivity contribution in [2.45, 2.75) is 18.3 Å². The number of hydrogen-bond acceptors (Lipinski definition) is 8. The first-order chi connectivity index (χ1) is 20.6. The van der Waals surface area contributed by atoms with Crippen molar-refractivity contribution in [2.75, 3.05) is 26.2 Å². The number of ketones is 1. The molecule has 3 atom stereocenters. The number of allylic oxidation sites excluding steroid dienone is 2. The second kappa shape index (κ2) is 11.7. The molecular formula is C32H27F3N2O6. The van der Waals surface area contributed by atoms with Crippen molar-refractivity contribution in [3.63, 3.8) is 0 Å². The molecule has 43 heavy (non-hydrogen) atoms. The predicted octanol–water partition coefficient (Wildman–Crippen LogP) is 4.86. The van der Waals surface area contributed by atoms with E-state index in [0.717, 1.165) is 38.5 Å². The van der Waals surface area contributed by atoms with E-state index < -0.39 is 52.9 Å². The Morgan fingerprint density at radius 2 is 1.49 bits per heavy atom. The number of benzene rings is 3. The number of ether oxygens (including phenoxy) is 3. The second-order valence-electron chi connectivity index (χ2n) is 10.0. The summed E-state index contributed by atoms with van der Waals surface area (Å²) in [6.07, 6.45) is -0.0448. The normalized spacial score (nSPS) is 20.1. The fourth-order valence-corrected chi connectivity index (χ4v) is 5.83. The summed E-state index contributed by atoms with van der Waals surface area (Å²) in [6.45, 7) is 0. The molecule has 2 aliphatic rings. The van der Waals surface area contributed by atoms with Gasteiger partial charge in [0, 0.05) is 23.3 Å². The van der Waals surface area contributed by atoms with Crippen molar-refractivity contribution in [3.8, 4) is 5.75 Å². The highest BCUT2D eigenvalue weighted by Crippen LogP contribution is 2.52. The number of anilines is 1. The molecule has 3 aromatic rings. The van der Waals surface area contributed by atoms with E-state index in [1.807, 2.05) is 0 Å². The molecule has 3 aromatic carbocycles. The number of halogens is 3. The van der Waals surface area contributed by atoms with Gasteiger partial charge in [-0.05, 0) is 53.9 Å². The summed E-state index contributed by atoms with van der Waals surface area (Å²) in [7, 11) is 3.76. The van der Waals surface area contributed by atoms with E-state index in [9.17, 15) is 23.2 Å². The van der Waals surface area contributed by atoms with Crippen LogP contribution in [0.15, 0.2) is 89.4 Å². The molecule has 222 valence electrons.